The third-order valence-electron chi connectivity index (χ3n) is 5.42. The zero-order valence-electron chi connectivity index (χ0n) is 14.3. The Bertz CT molecular complexity index is 624. The van der Waals surface area contributed by atoms with Gasteiger partial charge in [0.2, 0.25) is 5.91 Å². The lowest BCUT2D eigenvalue weighted by molar-refractivity contribution is -0.198. The number of nitrogens with zero attached hydrogens (tertiary/aromatic N) is 1. The fourth-order valence-corrected chi connectivity index (χ4v) is 4.04. The summed E-state index contributed by atoms with van der Waals surface area (Å²) >= 11 is 0. The smallest absolute Gasteiger partial charge is 0.227 e. The molecule has 0 saturated carbocycles. The van der Waals surface area contributed by atoms with Gasteiger partial charge in [-0.2, -0.15) is 0 Å². The number of hydrogen-bond donors (Lipinski definition) is 0. The van der Waals surface area contributed by atoms with Gasteiger partial charge in [0.15, 0.2) is 0 Å². The number of amides is 1. The number of methoxy groups -OCH3 is 1. The molecule has 1 spiro atoms. The van der Waals surface area contributed by atoms with E-state index in [1.165, 1.54) is 5.56 Å². The van der Waals surface area contributed by atoms with Gasteiger partial charge in [0.1, 0.15) is 11.4 Å². The van der Waals surface area contributed by atoms with Crippen LogP contribution in [0.2, 0.25) is 0 Å². The molecule has 2 saturated heterocycles. The second-order valence-electron chi connectivity index (χ2n) is 7.20. The Labute approximate surface area is 142 Å². The number of aryl methyl sites for hydroxylation is 1. The molecule has 3 aliphatic heterocycles. The average molecular weight is 331 g/mol. The van der Waals surface area contributed by atoms with Crippen LogP contribution in [0.3, 0.4) is 0 Å². The van der Waals surface area contributed by atoms with Crippen LogP contribution in [-0.4, -0.2) is 55.9 Å². The van der Waals surface area contributed by atoms with Crippen LogP contribution in [-0.2, 0) is 27.1 Å². The molecule has 5 heteroatoms. The monoisotopic (exact) mass is 331 g/mol. The number of fused-ring (bicyclic) bond motifs is 1. The maximum Gasteiger partial charge on any atom is 0.227 e. The molecule has 0 unspecified atom stereocenters. The van der Waals surface area contributed by atoms with E-state index in [9.17, 15) is 4.79 Å². The molecule has 1 amide bonds. The largest absolute Gasteiger partial charge is 0.493 e. The molecule has 3 heterocycles. The van der Waals surface area contributed by atoms with Crippen LogP contribution >= 0.6 is 0 Å². The van der Waals surface area contributed by atoms with Gasteiger partial charge in [0, 0.05) is 20.1 Å². The van der Waals surface area contributed by atoms with Crippen LogP contribution in [0, 0.1) is 0 Å². The normalized spacial score (nSPS) is 24.9. The second kappa shape index (κ2) is 6.37. The molecule has 0 bridgehead atoms. The van der Waals surface area contributed by atoms with E-state index in [0.717, 1.165) is 50.2 Å². The van der Waals surface area contributed by atoms with Gasteiger partial charge in [-0.1, -0.05) is 12.1 Å². The summed E-state index contributed by atoms with van der Waals surface area (Å²) < 4.78 is 17.1. The van der Waals surface area contributed by atoms with E-state index < -0.39 is 0 Å². The molecule has 0 radical (unpaired) electrons. The summed E-state index contributed by atoms with van der Waals surface area (Å²) in [7, 11) is 1.76. The van der Waals surface area contributed by atoms with E-state index in [4.69, 9.17) is 14.2 Å². The molecule has 0 N–H and O–H groups in total. The maximum atomic E-state index is 12.5. The van der Waals surface area contributed by atoms with Crippen molar-refractivity contribution < 1.29 is 19.0 Å². The molecule has 1 atom stereocenters. The van der Waals surface area contributed by atoms with Crippen molar-refractivity contribution in [3.05, 3.63) is 29.3 Å². The molecule has 2 fully saturated rings. The van der Waals surface area contributed by atoms with Crippen LogP contribution < -0.4 is 4.74 Å². The predicted octanol–water partition coefficient (Wildman–Crippen LogP) is 1.96. The third-order valence-corrected chi connectivity index (χ3v) is 5.42. The summed E-state index contributed by atoms with van der Waals surface area (Å²) in [5, 5.41) is 0. The van der Waals surface area contributed by atoms with Crippen LogP contribution in [0.5, 0.6) is 5.75 Å². The zero-order chi connectivity index (χ0) is 16.6. The molecule has 1 aromatic carbocycles. The van der Waals surface area contributed by atoms with E-state index in [0.29, 0.717) is 19.5 Å². The Morgan fingerprint density at radius 3 is 3.08 bits per heavy atom. The summed E-state index contributed by atoms with van der Waals surface area (Å²) in [6.07, 6.45) is 4.65. The average Bonchev–Trinajstić information content (AvgIpc) is 2.59. The molecule has 0 aromatic heterocycles. The van der Waals surface area contributed by atoms with Crippen molar-refractivity contribution in [3.63, 3.8) is 0 Å². The Morgan fingerprint density at radius 2 is 2.25 bits per heavy atom. The van der Waals surface area contributed by atoms with Gasteiger partial charge < -0.3 is 19.1 Å². The number of ether oxygens (including phenoxy) is 3. The first kappa shape index (κ1) is 15.9. The Kier molecular flexibility index (Phi) is 4.22. The molecule has 5 nitrogen and oxygen atoms in total. The Hall–Kier alpha value is -1.59. The first-order chi connectivity index (χ1) is 11.7. The second-order valence-corrected chi connectivity index (χ2v) is 7.20. The fourth-order valence-electron chi connectivity index (χ4n) is 4.04. The lowest BCUT2D eigenvalue weighted by Gasteiger charge is -2.53. The fraction of sp³-hybridized carbons (Fsp3) is 0.632. The minimum Gasteiger partial charge on any atom is -0.493 e. The van der Waals surface area contributed by atoms with Crippen LogP contribution in [0.25, 0.3) is 0 Å². The quantitative estimate of drug-likeness (QED) is 0.849. The molecule has 1 aromatic rings. The summed E-state index contributed by atoms with van der Waals surface area (Å²) in [5.41, 5.74) is 2.13. The van der Waals surface area contributed by atoms with Gasteiger partial charge in [-0.15, -0.1) is 0 Å². The van der Waals surface area contributed by atoms with Crippen molar-refractivity contribution in [1.82, 2.24) is 4.90 Å². The number of rotatable bonds is 3. The lowest BCUT2D eigenvalue weighted by Crippen LogP contribution is -2.67. The van der Waals surface area contributed by atoms with Crippen LogP contribution in [0.1, 0.15) is 30.4 Å². The van der Waals surface area contributed by atoms with Gasteiger partial charge in [-0.3, -0.25) is 4.79 Å². The standard InChI is InChI=1S/C19H25NO4/c1-22-16-6-8-24-19(11-16)12-20(13-19)18(21)10-14-4-5-17-15(9-14)3-2-7-23-17/h4-5,9,16H,2-3,6-8,10-13H2,1H3/t16-/m0/s1. The van der Waals surface area contributed by atoms with Crippen molar-refractivity contribution in [2.45, 2.75) is 43.8 Å². The topological polar surface area (TPSA) is 48.0 Å². The number of hydrogen-bond acceptors (Lipinski definition) is 4. The molecular formula is C19H25NO4. The van der Waals surface area contributed by atoms with Gasteiger partial charge >= 0.3 is 0 Å². The first-order valence-electron chi connectivity index (χ1n) is 8.87. The zero-order valence-corrected chi connectivity index (χ0v) is 14.3. The number of carbonyl (C=O) groups excluding carboxylic acids is 1. The molecule has 130 valence electrons. The Morgan fingerprint density at radius 1 is 1.38 bits per heavy atom. The Balaban J connectivity index is 1.35. The van der Waals surface area contributed by atoms with E-state index in [1.807, 2.05) is 17.0 Å². The number of likely N-dealkylation sites (tertiary alicyclic amines) is 1. The molecular weight excluding hydrogens is 306 g/mol. The SMILES string of the molecule is CO[C@H]1CCOC2(C1)CN(C(=O)Cc1ccc3c(c1)CCCO3)C2. The lowest BCUT2D eigenvalue weighted by atomic mass is 9.84. The molecule has 0 aliphatic carbocycles. The summed E-state index contributed by atoms with van der Waals surface area (Å²) in [6.45, 7) is 2.91. The highest BCUT2D eigenvalue weighted by molar-refractivity contribution is 5.80. The van der Waals surface area contributed by atoms with Crippen molar-refractivity contribution in [1.29, 1.82) is 0 Å². The minimum absolute atomic E-state index is 0.168. The summed E-state index contributed by atoms with van der Waals surface area (Å²) in [5.74, 6) is 1.15. The van der Waals surface area contributed by atoms with Gasteiger partial charge in [-0.05, 0) is 36.5 Å². The predicted molar refractivity (Wildman–Crippen MR) is 89.3 cm³/mol. The molecule has 24 heavy (non-hydrogen) atoms. The van der Waals surface area contributed by atoms with E-state index in [1.54, 1.807) is 7.11 Å². The van der Waals surface area contributed by atoms with E-state index in [-0.39, 0.29) is 17.6 Å². The highest BCUT2D eigenvalue weighted by Gasteiger charge is 2.49. The van der Waals surface area contributed by atoms with E-state index in [2.05, 4.69) is 6.07 Å². The van der Waals surface area contributed by atoms with Crippen molar-refractivity contribution >= 4 is 5.91 Å². The number of benzene rings is 1. The van der Waals surface area contributed by atoms with Crippen molar-refractivity contribution in [3.8, 4) is 5.75 Å². The van der Waals surface area contributed by atoms with Crippen molar-refractivity contribution in [2.75, 3.05) is 33.4 Å². The van der Waals surface area contributed by atoms with Crippen LogP contribution in [0.4, 0.5) is 0 Å². The molecule has 4 rings (SSSR count). The summed E-state index contributed by atoms with van der Waals surface area (Å²) in [6, 6.07) is 6.14. The maximum absolute atomic E-state index is 12.5. The summed E-state index contributed by atoms with van der Waals surface area (Å²) in [4.78, 5) is 14.5. The first-order valence-corrected chi connectivity index (χ1v) is 8.87. The minimum atomic E-state index is -0.168. The van der Waals surface area contributed by atoms with Gasteiger partial charge in [-0.25, -0.2) is 0 Å². The van der Waals surface area contributed by atoms with Gasteiger partial charge in [0.25, 0.3) is 0 Å². The van der Waals surface area contributed by atoms with E-state index >= 15 is 0 Å². The molecule has 3 aliphatic rings. The highest BCUT2D eigenvalue weighted by Crippen LogP contribution is 2.35. The van der Waals surface area contributed by atoms with Crippen LogP contribution in [0.15, 0.2) is 18.2 Å². The van der Waals surface area contributed by atoms with Gasteiger partial charge in [0.05, 0.1) is 32.2 Å². The highest BCUT2D eigenvalue weighted by atomic mass is 16.5. The number of carbonyl (C=O) groups is 1. The van der Waals surface area contributed by atoms with Crippen molar-refractivity contribution in [2.24, 2.45) is 0 Å². The third kappa shape index (κ3) is 3.03.